The first kappa shape index (κ1) is 24.8. The molecule has 6 aromatic carbocycles. The minimum atomic E-state index is -0.0574. The second-order valence-corrected chi connectivity index (χ2v) is 15.0. The zero-order valence-electron chi connectivity index (χ0n) is 23.3. The van der Waals surface area contributed by atoms with Gasteiger partial charge in [0.2, 0.25) is 0 Å². The molecule has 2 aliphatic rings. The Morgan fingerprint density at radius 1 is 0.452 bits per heavy atom. The van der Waals surface area contributed by atoms with Crippen molar-refractivity contribution >= 4 is 55.0 Å². The third-order valence-corrected chi connectivity index (χ3v) is 12.7. The van der Waals surface area contributed by atoms with Crippen LogP contribution in [0, 0.1) is 0 Å². The van der Waals surface area contributed by atoms with E-state index in [-0.39, 0.29) is 5.41 Å². The van der Waals surface area contributed by atoms with E-state index < -0.39 is 0 Å². The third-order valence-electron chi connectivity index (χ3n) is 8.94. The van der Waals surface area contributed by atoms with E-state index in [0.29, 0.717) is 0 Å². The van der Waals surface area contributed by atoms with Crippen molar-refractivity contribution < 1.29 is 0 Å². The lowest BCUT2D eigenvalue weighted by Crippen LogP contribution is -2.15. The fourth-order valence-electron chi connectivity index (χ4n) is 6.78. The zero-order chi connectivity index (χ0) is 28.0. The lowest BCUT2D eigenvalue weighted by Gasteiger charge is -2.24. The summed E-state index contributed by atoms with van der Waals surface area (Å²) in [6.07, 6.45) is 0. The first-order valence-electron chi connectivity index (χ1n) is 14.3. The largest absolute Gasteiger partial charge is 0.135 e. The Balaban J connectivity index is 1.13. The van der Waals surface area contributed by atoms with Crippen molar-refractivity contribution in [2.45, 2.75) is 38.8 Å². The van der Waals surface area contributed by atoms with Gasteiger partial charge in [0.25, 0.3) is 0 Å². The summed E-state index contributed by atoms with van der Waals surface area (Å²) < 4.78 is 2.71. The molecule has 1 aromatic heterocycles. The number of thiophene rings is 1. The summed E-state index contributed by atoms with van der Waals surface area (Å²) >= 11 is 5.71. The zero-order valence-corrected chi connectivity index (χ0v) is 25.7. The number of hydrogen-bond acceptors (Lipinski definition) is 3. The van der Waals surface area contributed by atoms with E-state index in [1.54, 1.807) is 0 Å². The van der Waals surface area contributed by atoms with Crippen LogP contribution in [0.5, 0.6) is 0 Å². The van der Waals surface area contributed by atoms with Crippen LogP contribution in [-0.2, 0) is 5.41 Å². The van der Waals surface area contributed by atoms with Gasteiger partial charge < -0.3 is 0 Å². The van der Waals surface area contributed by atoms with E-state index in [9.17, 15) is 0 Å². The smallest absolute Gasteiger partial charge is 0.0433 e. The fraction of sp³-hybridized carbons (Fsp3) is 0.0769. The highest BCUT2D eigenvalue weighted by Gasteiger charge is 2.37. The number of rotatable bonds is 2. The van der Waals surface area contributed by atoms with E-state index in [1.165, 1.54) is 84.3 Å². The molecule has 9 rings (SSSR count). The number of fused-ring (bicyclic) bond motifs is 8. The van der Waals surface area contributed by atoms with Gasteiger partial charge in [0.1, 0.15) is 0 Å². The molecule has 0 atom stereocenters. The first-order chi connectivity index (χ1) is 20.5. The van der Waals surface area contributed by atoms with Crippen molar-refractivity contribution in [2.75, 3.05) is 0 Å². The summed E-state index contributed by atoms with van der Waals surface area (Å²) in [7, 11) is 0. The van der Waals surface area contributed by atoms with Crippen molar-refractivity contribution in [1.82, 2.24) is 0 Å². The lowest BCUT2D eigenvalue weighted by atomic mass is 9.81. The molecule has 1 aliphatic carbocycles. The fourth-order valence-corrected chi connectivity index (χ4v) is 10.3. The van der Waals surface area contributed by atoms with Gasteiger partial charge in [0.15, 0.2) is 0 Å². The maximum Gasteiger partial charge on any atom is 0.0433 e. The van der Waals surface area contributed by atoms with E-state index in [0.717, 1.165) is 0 Å². The Morgan fingerprint density at radius 3 is 1.98 bits per heavy atom. The van der Waals surface area contributed by atoms with Gasteiger partial charge in [0.05, 0.1) is 0 Å². The molecule has 2 heterocycles. The van der Waals surface area contributed by atoms with Crippen LogP contribution >= 0.6 is 34.9 Å². The second kappa shape index (κ2) is 9.12. The SMILES string of the molecule is CC1(C)c2cc(-c3cccc(-c4cccc5c4sc4ccccc45)c3)ccc2-c2cc3c(cc21)Sc1ccccc1S3. The third kappa shape index (κ3) is 3.64. The molecule has 1 aliphatic heterocycles. The molecule has 0 spiro atoms. The van der Waals surface area contributed by atoms with Gasteiger partial charge in [-0.2, -0.15) is 0 Å². The standard InChI is InChI=1S/C39H26S3/c1-39(2)31-20-24(17-18-27(31)30-21-36-37(22-32(30)39)41-35-16-6-5-15-34(35)40-36)23-9-7-10-25(19-23)26-12-8-13-29-28-11-3-4-14-33(28)42-38(26)29/h3-22H,1-2H3. The summed E-state index contributed by atoms with van der Waals surface area (Å²) in [5, 5.41) is 2.69. The summed E-state index contributed by atoms with van der Waals surface area (Å²) in [6.45, 7) is 4.78. The van der Waals surface area contributed by atoms with Gasteiger partial charge in [-0.1, -0.05) is 116 Å². The van der Waals surface area contributed by atoms with Gasteiger partial charge in [-0.05, 0) is 87.0 Å². The van der Waals surface area contributed by atoms with Crippen LogP contribution in [0.1, 0.15) is 25.0 Å². The minimum Gasteiger partial charge on any atom is -0.135 e. The normalized spacial score (nSPS) is 14.4. The number of hydrogen-bond donors (Lipinski definition) is 0. The maximum absolute atomic E-state index is 2.46. The monoisotopic (exact) mass is 590 g/mol. The summed E-state index contributed by atoms with van der Waals surface area (Å²) in [6, 6.07) is 45.4. The molecule has 0 bridgehead atoms. The molecule has 0 unspecified atom stereocenters. The molecule has 0 amide bonds. The average Bonchev–Trinajstić information content (AvgIpc) is 3.51. The highest BCUT2D eigenvalue weighted by molar-refractivity contribution is 8.05. The summed E-state index contributed by atoms with van der Waals surface area (Å²) in [5.41, 5.74) is 10.7. The van der Waals surface area contributed by atoms with Crippen molar-refractivity contribution in [2.24, 2.45) is 0 Å². The quantitative estimate of drug-likeness (QED) is 0.196. The Morgan fingerprint density at radius 2 is 1.12 bits per heavy atom. The first-order valence-corrected chi connectivity index (χ1v) is 16.8. The van der Waals surface area contributed by atoms with Crippen LogP contribution in [0.4, 0.5) is 0 Å². The van der Waals surface area contributed by atoms with Crippen LogP contribution in [0.15, 0.2) is 141 Å². The van der Waals surface area contributed by atoms with Crippen LogP contribution in [-0.4, -0.2) is 0 Å². The molecule has 0 saturated carbocycles. The molecule has 7 aromatic rings. The van der Waals surface area contributed by atoms with E-state index in [4.69, 9.17) is 0 Å². The Hall–Kier alpha value is -3.76. The average molecular weight is 591 g/mol. The highest BCUT2D eigenvalue weighted by Crippen LogP contribution is 2.56. The maximum atomic E-state index is 2.46. The topological polar surface area (TPSA) is 0 Å². The molecule has 42 heavy (non-hydrogen) atoms. The molecule has 0 nitrogen and oxygen atoms in total. The number of benzene rings is 6. The predicted octanol–water partition coefficient (Wildman–Crippen LogP) is 12.3. The van der Waals surface area contributed by atoms with Crippen molar-refractivity contribution in [3.05, 3.63) is 132 Å². The summed E-state index contributed by atoms with van der Waals surface area (Å²) in [5.74, 6) is 0. The van der Waals surface area contributed by atoms with E-state index >= 15 is 0 Å². The van der Waals surface area contributed by atoms with E-state index in [1.807, 2.05) is 34.9 Å². The molecule has 0 N–H and O–H groups in total. The van der Waals surface area contributed by atoms with Gasteiger partial charge in [-0.3, -0.25) is 0 Å². The molecular formula is C39H26S3. The molecular weight excluding hydrogens is 565 g/mol. The van der Waals surface area contributed by atoms with Crippen LogP contribution in [0.2, 0.25) is 0 Å². The second-order valence-electron chi connectivity index (χ2n) is 11.7. The molecule has 0 radical (unpaired) electrons. The van der Waals surface area contributed by atoms with Crippen molar-refractivity contribution in [1.29, 1.82) is 0 Å². The van der Waals surface area contributed by atoms with Gasteiger partial charge in [-0.15, -0.1) is 11.3 Å². The van der Waals surface area contributed by atoms with Crippen LogP contribution in [0.25, 0.3) is 53.6 Å². The Kier molecular flexibility index (Phi) is 5.38. The molecule has 200 valence electrons. The molecule has 0 saturated heterocycles. The predicted molar refractivity (Wildman–Crippen MR) is 182 cm³/mol. The Labute approximate surface area is 258 Å². The van der Waals surface area contributed by atoms with Gasteiger partial charge in [0, 0.05) is 45.2 Å². The van der Waals surface area contributed by atoms with Gasteiger partial charge in [-0.25, -0.2) is 0 Å². The van der Waals surface area contributed by atoms with Crippen LogP contribution in [0.3, 0.4) is 0 Å². The van der Waals surface area contributed by atoms with E-state index in [2.05, 4.69) is 135 Å². The van der Waals surface area contributed by atoms with Crippen molar-refractivity contribution in [3.8, 4) is 33.4 Å². The Bertz CT molecular complexity index is 2230. The molecule has 3 heteroatoms. The van der Waals surface area contributed by atoms with Crippen molar-refractivity contribution in [3.63, 3.8) is 0 Å². The highest BCUT2D eigenvalue weighted by atomic mass is 32.2. The minimum absolute atomic E-state index is 0.0574. The molecule has 0 fully saturated rings. The summed E-state index contributed by atoms with van der Waals surface area (Å²) in [4.78, 5) is 5.46. The lowest BCUT2D eigenvalue weighted by molar-refractivity contribution is 0.658. The van der Waals surface area contributed by atoms with Gasteiger partial charge >= 0.3 is 0 Å². The van der Waals surface area contributed by atoms with Crippen LogP contribution < -0.4 is 0 Å².